The van der Waals surface area contributed by atoms with Gasteiger partial charge < -0.3 is 10.6 Å². The number of rotatable bonds is 4. The lowest BCUT2D eigenvalue weighted by Crippen LogP contribution is -2.27. The van der Waals surface area contributed by atoms with Gasteiger partial charge in [-0.2, -0.15) is 0 Å². The molecule has 4 rings (SSSR count). The van der Waals surface area contributed by atoms with Gasteiger partial charge in [-0.25, -0.2) is 4.98 Å². The molecule has 0 bridgehead atoms. The third kappa shape index (κ3) is 3.49. The van der Waals surface area contributed by atoms with Crippen LogP contribution in [-0.4, -0.2) is 21.4 Å². The second-order valence-electron chi connectivity index (χ2n) is 6.26. The van der Waals surface area contributed by atoms with Crippen LogP contribution in [0.1, 0.15) is 6.92 Å². The first-order valence-electron chi connectivity index (χ1n) is 8.55. The predicted octanol–water partition coefficient (Wildman–Crippen LogP) is 3.21. The van der Waals surface area contributed by atoms with Crippen LogP contribution in [0.5, 0.6) is 0 Å². The molecule has 0 aliphatic heterocycles. The number of amides is 2. The molecule has 0 radical (unpaired) electrons. The Morgan fingerprint density at radius 3 is 2.43 bits per heavy atom. The predicted molar refractivity (Wildman–Crippen MR) is 111 cm³/mol. The van der Waals surface area contributed by atoms with Crippen molar-refractivity contribution in [3.05, 3.63) is 65.2 Å². The van der Waals surface area contributed by atoms with E-state index >= 15 is 0 Å². The van der Waals surface area contributed by atoms with Gasteiger partial charge in [0, 0.05) is 28.4 Å². The number of benzene rings is 2. The number of hydrogen-bond donors (Lipinski definition) is 2. The largest absolute Gasteiger partial charge is 0.326 e. The Balaban J connectivity index is 1.53. The Labute approximate surface area is 163 Å². The summed E-state index contributed by atoms with van der Waals surface area (Å²) in [4.78, 5) is 40.5. The number of carbonyl (C=O) groups excluding carboxylic acids is 2. The maximum Gasteiger partial charge on any atom is 0.271 e. The van der Waals surface area contributed by atoms with Crippen molar-refractivity contribution in [2.24, 2.45) is 0 Å². The lowest BCUT2D eigenvalue weighted by atomic mass is 10.2. The number of hydrogen-bond acceptors (Lipinski definition) is 5. The highest BCUT2D eigenvalue weighted by Crippen LogP contribution is 2.29. The standard InChI is InChI=1S/C20H16N4O3S/c1-12(25)22-13-6-8-14(9-7-13)23-17(26)10-24-11-21-18-15-4-2-3-5-16(15)28-19(18)20(24)27/h2-9,11H,10H2,1H3,(H,22,25)(H,23,26). The topological polar surface area (TPSA) is 93.1 Å². The maximum atomic E-state index is 12.7. The van der Waals surface area contributed by atoms with E-state index in [-0.39, 0.29) is 23.9 Å². The van der Waals surface area contributed by atoms with Gasteiger partial charge in [-0.1, -0.05) is 18.2 Å². The highest BCUT2D eigenvalue weighted by molar-refractivity contribution is 7.25. The first kappa shape index (κ1) is 17.9. The highest BCUT2D eigenvalue weighted by Gasteiger charge is 2.13. The maximum absolute atomic E-state index is 12.7. The first-order chi connectivity index (χ1) is 13.5. The van der Waals surface area contributed by atoms with Gasteiger partial charge in [-0.15, -0.1) is 11.3 Å². The molecular formula is C20H16N4O3S. The summed E-state index contributed by atoms with van der Waals surface area (Å²) in [5.74, 6) is -0.503. The summed E-state index contributed by atoms with van der Waals surface area (Å²) in [5.41, 5.74) is 1.64. The molecule has 0 aliphatic rings. The molecule has 0 unspecified atom stereocenters. The van der Waals surface area contributed by atoms with Gasteiger partial charge in [0.2, 0.25) is 11.8 Å². The molecule has 0 saturated heterocycles. The summed E-state index contributed by atoms with van der Waals surface area (Å²) in [6.45, 7) is 1.29. The van der Waals surface area contributed by atoms with Crippen LogP contribution in [-0.2, 0) is 16.1 Å². The van der Waals surface area contributed by atoms with Crippen LogP contribution in [0, 0.1) is 0 Å². The SMILES string of the molecule is CC(=O)Nc1ccc(NC(=O)Cn2cnc3c(sc4ccccc43)c2=O)cc1. The van der Waals surface area contributed by atoms with Crippen LogP contribution in [0.25, 0.3) is 20.3 Å². The van der Waals surface area contributed by atoms with E-state index in [1.54, 1.807) is 24.3 Å². The minimum atomic E-state index is -0.336. The molecule has 2 heterocycles. The van der Waals surface area contributed by atoms with Crippen molar-refractivity contribution in [2.45, 2.75) is 13.5 Å². The van der Waals surface area contributed by atoms with E-state index < -0.39 is 0 Å². The highest BCUT2D eigenvalue weighted by atomic mass is 32.1. The van der Waals surface area contributed by atoms with Gasteiger partial charge in [-0.05, 0) is 30.3 Å². The number of aromatic nitrogens is 2. The molecule has 0 saturated carbocycles. The number of nitrogens with zero attached hydrogens (tertiary/aromatic N) is 2. The zero-order chi connectivity index (χ0) is 19.7. The van der Waals surface area contributed by atoms with E-state index in [1.165, 1.54) is 29.2 Å². The van der Waals surface area contributed by atoms with E-state index in [2.05, 4.69) is 15.6 Å². The van der Waals surface area contributed by atoms with Crippen molar-refractivity contribution >= 4 is 54.8 Å². The number of thiophene rings is 1. The van der Waals surface area contributed by atoms with Crippen LogP contribution in [0.4, 0.5) is 11.4 Å². The van der Waals surface area contributed by atoms with Gasteiger partial charge in [0.25, 0.3) is 5.56 Å². The Bertz CT molecular complexity index is 1260. The molecule has 8 heteroatoms. The van der Waals surface area contributed by atoms with Crippen LogP contribution in [0.3, 0.4) is 0 Å². The van der Waals surface area contributed by atoms with E-state index in [0.29, 0.717) is 21.6 Å². The van der Waals surface area contributed by atoms with Crippen LogP contribution in [0.2, 0.25) is 0 Å². The Morgan fingerprint density at radius 1 is 1.04 bits per heavy atom. The molecule has 28 heavy (non-hydrogen) atoms. The Hall–Kier alpha value is -3.52. The summed E-state index contributed by atoms with van der Waals surface area (Å²) >= 11 is 1.38. The normalized spacial score (nSPS) is 10.9. The third-order valence-electron chi connectivity index (χ3n) is 4.15. The Kier molecular flexibility index (Phi) is 4.62. The molecular weight excluding hydrogens is 376 g/mol. The summed E-state index contributed by atoms with van der Waals surface area (Å²) in [6, 6.07) is 14.4. The zero-order valence-electron chi connectivity index (χ0n) is 14.9. The molecule has 0 spiro atoms. The van der Waals surface area contributed by atoms with Gasteiger partial charge in [0.15, 0.2) is 0 Å². The zero-order valence-corrected chi connectivity index (χ0v) is 15.7. The molecule has 2 aromatic carbocycles. The number of fused-ring (bicyclic) bond motifs is 3. The average Bonchev–Trinajstić information content (AvgIpc) is 3.05. The Morgan fingerprint density at radius 2 is 1.71 bits per heavy atom. The third-order valence-corrected chi connectivity index (χ3v) is 5.30. The van der Waals surface area contributed by atoms with E-state index in [9.17, 15) is 14.4 Å². The van der Waals surface area contributed by atoms with Crippen LogP contribution in [0.15, 0.2) is 59.7 Å². The molecule has 2 aromatic heterocycles. The van der Waals surface area contributed by atoms with E-state index in [4.69, 9.17) is 0 Å². The lowest BCUT2D eigenvalue weighted by molar-refractivity contribution is -0.117. The summed E-state index contributed by atoms with van der Waals surface area (Å²) in [7, 11) is 0. The number of anilines is 2. The molecule has 0 fully saturated rings. The summed E-state index contributed by atoms with van der Waals surface area (Å²) in [5, 5.41) is 6.33. The van der Waals surface area contributed by atoms with Gasteiger partial charge in [0.05, 0.1) is 11.8 Å². The molecule has 4 aromatic rings. The van der Waals surface area contributed by atoms with E-state index in [1.807, 2.05) is 24.3 Å². The summed E-state index contributed by atoms with van der Waals surface area (Å²) < 4.78 is 2.83. The fraction of sp³-hybridized carbons (Fsp3) is 0.100. The van der Waals surface area contributed by atoms with Crippen molar-refractivity contribution in [3.63, 3.8) is 0 Å². The van der Waals surface area contributed by atoms with Gasteiger partial charge >= 0.3 is 0 Å². The van der Waals surface area contributed by atoms with Crippen molar-refractivity contribution in [3.8, 4) is 0 Å². The molecule has 140 valence electrons. The molecule has 2 amide bonds. The fourth-order valence-corrected chi connectivity index (χ4v) is 4.03. The molecule has 0 atom stereocenters. The smallest absolute Gasteiger partial charge is 0.271 e. The summed E-state index contributed by atoms with van der Waals surface area (Å²) in [6.07, 6.45) is 1.41. The molecule has 2 N–H and O–H groups in total. The number of nitrogens with one attached hydrogen (secondary N) is 2. The lowest BCUT2D eigenvalue weighted by Gasteiger charge is -2.08. The molecule has 7 nitrogen and oxygen atoms in total. The van der Waals surface area contributed by atoms with Crippen molar-refractivity contribution in [2.75, 3.05) is 10.6 Å². The van der Waals surface area contributed by atoms with Crippen molar-refractivity contribution < 1.29 is 9.59 Å². The first-order valence-corrected chi connectivity index (χ1v) is 9.37. The monoisotopic (exact) mass is 392 g/mol. The van der Waals surface area contributed by atoms with Gasteiger partial charge in [0.1, 0.15) is 11.2 Å². The minimum Gasteiger partial charge on any atom is -0.326 e. The average molecular weight is 392 g/mol. The van der Waals surface area contributed by atoms with Crippen molar-refractivity contribution in [1.29, 1.82) is 0 Å². The number of carbonyl (C=O) groups is 2. The van der Waals surface area contributed by atoms with Crippen LogP contribution >= 0.6 is 11.3 Å². The fourth-order valence-electron chi connectivity index (χ4n) is 2.92. The quantitative estimate of drug-likeness (QED) is 0.558. The minimum absolute atomic E-state index is 0.135. The molecule has 0 aliphatic carbocycles. The van der Waals surface area contributed by atoms with Crippen LogP contribution < -0.4 is 16.2 Å². The van der Waals surface area contributed by atoms with Crippen molar-refractivity contribution in [1.82, 2.24) is 9.55 Å². The second-order valence-corrected chi connectivity index (χ2v) is 7.31. The second kappa shape index (κ2) is 7.24. The van der Waals surface area contributed by atoms with Gasteiger partial charge in [-0.3, -0.25) is 19.0 Å². The van der Waals surface area contributed by atoms with E-state index in [0.717, 1.165) is 10.1 Å².